The molecule has 1 aliphatic heterocycles. The molecule has 0 radical (unpaired) electrons. The summed E-state index contributed by atoms with van der Waals surface area (Å²) in [5.41, 5.74) is 1.99. The lowest BCUT2D eigenvalue weighted by molar-refractivity contribution is -0.0256. The van der Waals surface area contributed by atoms with Crippen LogP contribution in [0.25, 0.3) is 0 Å². The van der Waals surface area contributed by atoms with Gasteiger partial charge in [0.15, 0.2) is 5.82 Å². The van der Waals surface area contributed by atoms with Crippen LogP contribution in [0, 0.1) is 6.92 Å². The van der Waals surface area contributed by atoms with E-state index in [1.807, 2.05) is 6.92 Å². The molecule has 94 valence electrons. The van der Waals surface area contributed by atoms with Gasteiger partial charge in [-0.25, -0.2) is 9.97 Å². The third-order valence-corrected chi connectivity index (χ3v) is 3.46. The van der Waals surface area contributed by atoms with Gasteiger partial charge in [-0.15, -0.1) is 0 Å². The Kier molecular flexibility index (Phi) is 3.97. The summed E-state index contributed by atoms with van der Waals surface area (Å²) in [5, 5.41) is 0.545. The quantitative estimate of drug-likeness (QED) is 0.758. The molecule has 2 heterocycles. The van der Waals surface area contributed by atoms with Crippen molar-refractivity contribution < 1.29 is 4.74 Å². The standard InChI is InChI=1S/C12H18ClN3O/c1-4-9-8(2)11(13)15-12(14-9)10-7-16(3)5-6-17-10/h10H,4-7H2,1-3H3. The molecule has 0 N–H and O–H groups in total. The predicted octanol–water partition coefficient (Wildman–Crippen LogP) is 2.00. The van der Waals surface area contributed by atoms with Gasteiger partial charge in [0.05, 0.1) is 6.61 Å². The molecular formula is C12H18ClN3O. The van der Waals surface area contributed by atoms with Crippen molar-refractivity contribution in [3.63, 3.8) is 0 Å². The Balaban J connectivity index is 2.29. The smallest absolute Gasteiger partial charge is 0.160 e. The molecule has 0 amide bonds. The van der Waals surface area contributed by atoms with E-state index in [-0.39, 0.29) is 6.10 Å². The van der Waals surface area contributed by atoms with Crippen LogP contribution in [-0.2, 0) is 11.2 Å². The highest BCUT2D eigenvalue weighted by atomic mass is 35.5. The van der Waals surface area contributed by atoms with Gasteiger partial charge >= 0.3 is 0 Å². The first-order chi connectivity index (χ1) is 8.11. The molecule has 1 aromatic heterocycles. The van der Waals surface area contributed by atoms with E-state index in [1.165, 1.54) is 0 Å². The summed E-state index contributed by atoms with van der Waals surface area (Å²) in [5.74, 6) is 0.712. The molecule has 1 unspecified atom stereocenters. The van der Waals surface area contributed by atoms with Crippen LogP contribution in [0.3, 0.4) is 0 Å². The van der Waals surface area contributed by atoms with Crippen LogP contribution in [0.4, 0.5) is 0 Å². The monoisotopic (exact) mass is 255 g/mol. The average molecular weight is 256 g/mol. The minimum absolute atomic E-state index is 0.0582. The van der Waals surface area contributed by atoms with Crippen molar-refractivity contribution >= 4 is 11.6 Å². The normalized spacial score (nSPS) is 21.8. The van der Waals surface area contributed by atoms with Crippen LogP contribution in [0.1, 0.15) is 30.1 Å². The number of aromatic nitrogens is 2. The van der Waals surface area contributed by atoms with Gasteiger partial charge in [0.1, 0.15) is 11.3 Å². The van der Waals surface area contributed by atoms with Gasteiger partial charge in [-0.2, -0.15) is 0 Å². The largest absolute Gasteiger partial charge is 0.368 e. The first-order valence-corrected chi connectivity index (χ1v) is 6.32. The lowest BCUT2D eigenvalue weighted by atomic mass is 10.2. The summed E-state index contributed by atoms with van der Waals surface area (Å²) in [7, 11) is 2.08. The number of hydrogen-bond acceptors (Lipinski definition) is 4. The zero-order chi connectivity index (χ0) is 12.4. The zero-order valence-corrected chi connectivity index (χ0v) is 11.3. The molecule has 1 atom stereocenters. The first kappa shape index (κ1) is 12.7. The number of ether oxygens (including phenoxy) is 1. The zero-order valence-electron chi connectivity index (χ0n) is 10.5. The molecule has 0 bridgehead atoms. The molecule has 17 heavy (non-hydrogen) atoms. The Morgan fingerprint density at radius 3 is 2.88 bits per heavy atom. The van der Waals surface area contributed by atoms with Gasteiger partial charge in [0.2, 0.25) is 0 Å². The van der Waals surface area contributed by atoms with E-state index in [1.54, 1.807) is 0 Å². The number of aryl methyl sites for hydroxylation is 1. The Morgan fingerprint density at radius 2 is 2.24 bits per heavy atom. The van der Waals surface area contributed by atoms with Crippen LogP contribution in [0.2, 0.25) is 5.15 Å². The lowest BCUT2D eigenvalue weighted by Gasteiger charge is -2.29. The minimum atomic E-state index is -0.0582. The summed E-state index contributed by atoms with van der Waals surface area (Å²) in [6, 6.07) is 0. The second-order valence-electron chi connectivity index (χ2n) is 4.42. The second-order valence-corrected chi connectivity index (χ2v) is 4.78. The summed E-state index contributed by atoms with van der Waals surface area (Å²) in [4.78, 5) is 11.1. The highest BCUT2D eigenvalue weighted by Crippen LogP contribution is 2.23. The van der Waals surface area contributed by atoms with E-state index < -0.39 is 0 Å². The third-order valence-electron chi connectivity index (χ3n) is 3.10. The summed E-state index contributed by atoms with van der Waals surface area (Å²) >= 11 is 6.13. The van der Waals surface area contributed by atoms with E-state index in [0.29, 0.717) is 11.0 Å². The topological polar surface area (TPSA) is 38.2 Å². The molecular weight excluding hydrogens is 238 g/mol. The average Bonchev–Trinajstić information content (AvgIpc) is 2.32. The third kappa shape index (κ3) is 2.76. The minimum Gasteiger partial charge on any atom is -0.368 e. The van der Waals surface area contributed by atoms with Gasteiger partial charge in [0.25, 0.3) is 0 Å². The highest BCUT2D eigenvalue weighted by molar-refractivity contribution is 6.30. The predicted molar refractivity (Wildman–Crippen MR) is 67.3 cm³/mol. The van der Waals surface area contributed by atoms with Gasteiger partial charge in [-0.3, -0.25) is 0 Å². The van der Waals surface area contributed by atoms with Crippen LogP contribution < -0.4 is 0 Å². The van der Waals surface area contributed by atoms with Crippen LogP contribution in [0.15, 0.2) is 0 Å². The maximum absolute atomic E-state index is 6.13. The van der Waals surface area contributed by atoms with Gasteiger partial charge < -0.3 is 9.64 Å². The van der Waals surface area contributed by atoms with Crippen molar-refractivity contribution in [2.75, 3.05) is 26.7 Å². The highest BCUT2D eigenvalue weighted by Gasteiger charge is 2.23. The molecule has 0 aromatic carbocycles. The SMILES string of the molecule is CCc1nc(C2CN(C)CCO2)nc(Cl)c1C. The van der Waals surface area contributed by atoms with Crippen molar-refractivity contribution in [1.82, 2.24) is 14.9 Å². The van der Waals surface area contributed by atoms with Crippen LogP contribution in [-0.4, -0.2) is 41.6 Å². The fraction of sp³-hybridized carbons (Fsp3) is 0.667. The fourth-order valence-corrected chi connectivity index (χ4v) is 2.17. The molecule has 1 saturated heterocycles. The molecule has 1 fully saturated rings. The maximum atomic E-state index is 6.13. The number of morpholine rings is 1. The molecule has 0 saturated carbocycles. The lowest BCUT2D eigenvalue weighted by Crippen LogP contribution is -2.36. The Morgan fingerprint density at radius 1 is 1.47 bits per heavy atom. The number of likely N-dealkylation sites (N-methyl/N-ethyl adjacent to an activating group) is 1. The summed E-state index contributed by atoms with van der Waals surface area (Å²) in [6.45, 7) is 6.53. The molecule has 4 nitrogen and oxygen atoms in total. The van der Waals surface area contributed by atoms with Gasteiger partial charge in [-0.1, -0.05) is 18.5 Å². The van der Waals surface area contributed by atoms with Crippen molar-refractivity contribution in [3.8, 4) is 0 Å². The number of halogens is 1. The van der Waals surface area contributed by atoms with Gasteiger partial charge in [0, 0.05) is 24.3 Å². The molecule has 5 heteroatoms. The number of hydrogen-bond donors (Lipinski definition) is 0. The maximum Gasteiger partial charge on any atom is 0.160 e. The van der Waals surface area contributed by atoms with E-state index in [2.05, 4.69) is 28.8 Å². The van der Waals surface area contributed by atoms with Gasteiger partial charge in [-0.05, 0) is 20.4 Å². The first-order valence-electron chi connectivity index (χ1n) is 5.95. The van der Waals surface area contributed by atoms with Crippen molar-refractivity contribution in [1.29, 1.82) is 0 Å². The van der Waals surface area contributed by atoms with Crippen LogP contribution >= 0.6 is 11.6 Å². The van der Waals surface area contributed by atoms with E-state index in [9.17, 15) is 0 Å². The summed E-state index contributed by atoms with van der Waals surface area (Å²) in [6.07, 6.45) is 0.807. The Labute approximate surface area is 107 Å². The van der Waals surface area contributed by atoms with Crippen molar-refractivity contribution in [3.05, 3.63) is 22.2 Å². The molecule has 0 spiro atoms. The molecule has 0 aliphatic carbocycles. The fourth-order valence-electron chi connectivity index (χ4n) is 1.97. The summed E-state index contributed by atoms with van der Waals surface area (Å²) < 4.78 is 5.70. The molecule has 1 aromatic rings. The van der Waals surface area contributed by atoms with E-state index in [0.717, 1.165) is 37.4 Å². The van der Waals surface area contributed by atoms with Crippen molar-refractivity contribution in [2.45, 2.75) is 26.4 Å². The van der Waals surface area contributed by atoms with E-state index in [4.69, 9.17) is 16.3 Å². The second kappa shape index (κ2) is 5.29. The van der Waals surface area contributed by atoms with Crippen LogP contribution in [0.5, 0.6) is 0 Å². The number of rotatable bonds is 2. The Bertz CT molecular complexity index is 411. The van der Waals surface area contributed by atoms with Crippen molar-refractivity contribution in [2.24, 2.45) is 0 Å². The van der Waals surface area contributed by atoms with E-state index >= 15 is 0 Å². The molecule has 1 aliphatic rings. The molecule has 2 rings (SSSR count). The Hall–Kier alpha value is -0.710. The number of nitrogens with zero attached hydrogens (tertiary/aromatic N) is 3.